The maximum atomic E-state index is 13.1. The number of benzene rings is 3. The number of halogens is 2. The van der Waals surface area contributed by atoms with Crippen LogP contribution in [0.15, 0.2) is 71.5 Å². The highest BCUT2D eigenvalue weighted by Crippen LogP contribution is 2.37. The Morgan fingerprint density at radius 3 is 2.23 bits per heavy atom. The molecule has 7 heteroatoms. The van der Waals surface area contributed by atoms with Crippen molar-refractivity contribution in [2.24, 2.45) is 7.05 Å². The third kappa shape index (κ3) is 4.15. The van der Waals surface area contributed by atoms with Crippen LogP contribution in [0.3, 0.4) is 0 Å². The summed E-state index contributed by atoms with van der Waals surface area (Å²) in [6, 6.07) is 19.7. The van der Waals surface area contributed by atoms with Gasteiger partial charge in [-0.25, -0.2) is 4.79 Å². The maximum absolute atomic E-state index is 13.1. The molecule has 0 unspecified atom stereocenters. The van der Waals surface area contributed by atoms with Gasteiger partial charge in [0.15, 0.2) is 0 Å². The molecule has 0 saturated carbocycles. The minimum absolute atomic E-state index is 0.292. The lowest BCUT2D eigenvalue weighted by atomic mass is 9.99. The number of rotatable bonds is 3. The number of aryl methyl sites for hydroxylation is 1. The van der Waals surface area contributed by atoms with Crippen LogP contribution in [-0.4, -0.2) is 10.6 Å². The number of amides is 2. The lowest BCUT2D eigenvalue weighted by molar-refractivity contribution is 0.262. The molecule has 0 aliphatic rings. The molecular weight excluding hydrogens is 433 g/mol. The molecule has 5 nitrogen and oxygen atoms in total. The normalized spacial score (nSPS) is 10.8. The highest BCUT2D eigenvalue weighted by Gasteiger charge is 2.19. The zero-order valence-electron chi connectivity index (χ0n) is 16.9. The molecule has 0 radical (unpaired) electrons. The summed E-state index contributed by atoms with van der Waals surface area (Å²) in [5.74, 6) is 0.354. The zero-order chi connectivity index (χ0) is 22.1. The van der Waals surface area contributed by atoms with Gasteiger partial charge in [-0.1, -0.05) is 65.7 Å². The van der Waals surface area contributed by atoms with Crippen LogP contribution >= 0.6 is 23.2 Å². The van der Waals surface area contributed by atoms with E-state index in [0.717, 1.165) is 11.1 Å². The first-order valence-electron chi connectivity index (χ1n) is 9.57. The van der Waals surface area contributed by atoms with Crippen LogP contribution in [0, 0.1) is 6.92 Å². The quantitative estimate of drug-likeness (QED) is 0.375. The van der Waals surface area contributed by atoms with Crippen molar-refractivity contribution in [1.29, 1.82) is 0 Å². The molecule has 0 aliphatic carbocycles. The summed E-state index contributed by atoms with van der Waals surface area (Å²) in [5, 5.41) is 7.31. The van der Waals surface area contributed by atoms with Gasteiger partial charge in [-0.2, -0.15) is 0 Å². The second-order valence-electron chi connectivity index (χ2n) is 7.21. The van der Waals surface area contributed by atoms with Crippen LogP contribution in [0.1, 0.15) is 5.56 Å². The van der Waals surface area contributed by atoms with Gasteiger partial charge in [-0.3, -0.25) is 14.7 Å². The van der Waals surface area contributed by atoms with Crippen LogP contribution in [0.4, 0.5) is 16.3 Å². The Balaban J connectivity index is 1.89. The molecule has 0 spiro atoms. The molecule has 2 amide bonds. The predicted molar refractivity (Wildman–Crippen MR) is 128 cm³/mol. The van der Waals surface area contributed by atoms with E-state index in [9.17, 15) is 9.59 Å². The van der Waals surface area contributed by atoms with E-state index in [0.29, 0.717) is 37.9 Å². The Bertz CT molecular complexity index is 1370. The fourth-order valence-electron chi connectivity index (χ4n) is 3.54. The number of anilines is 2. The highest BCUT2D eigenvalue weighted by molar-refractivity contribution is 6.43. The van der Waals surface area contributed by atoms with E-state index in [1.54, 1.807) is 25.2 Å². The number of carbonyl (C=O) groups is 1. The molecule has 0 fully saturated rings. The zero-order valence-corrected chi connectivity index (χ0v) is 18.4. The second kappa shape index (κ2) is 8.46. The van der Waals surface area contributed by atoms with Crippen LogP contribution in [-0.2, 0) is 7.05 Å². The number of urea groups is 1. The van der Waals surface area contributed by atoms with Crippen molar-refractivity contribution < 1.29 is 4.79 Å². The highest BCUT2D eigenvalue weighted by atomic mass is 35.5. The molecule has 3 aromatic carbocycles. The molecule has 0 aliphatic heterocycles. The Morgan fingerprint density at radius 1 is 0.871 bits per heavy atom. The summed E-state index contributed by atoms with van der Waals surface area (Å²) in [5.41, 5.74) is 2.88. The van der Waals surface area contributed by atoms with E-state index in [4.69, 9.17) is 23.2 Å². The van der Waals surface area contributed by atoms with Crippen molar-refractivity contribution >= 4 is 51.5 Å². The summed E-state index contributed by atoms with van der Waals surface area (Å²) < 4.78 is 1.41. The van der Waals surface area contributed by atoms with E-state index in [2.05, 4.69) is 10.6 Å². The SMILES string of the molecule is Cc1cccc(NC(=O)Nc2c(-c3ccccc3)c3cc(Cl)c(Cl)cc3c(=O)n2C)c1. The van der Waals surface area contributed by atoms with E-state index in [1.165, 1.54) is 4.57 Å². The van der Waals surface area contributed by atoms with Crippen LogP contribution in [0.2, 0.25) is 10.0 Å². The van der Waals surface area contributed by atoms with Crippen molar-refractivity contribution in [2.45, 2.75) is 6.92 Å². The van der Waals surface area contributed by atoms with Crippen LogP contribution < -0.4 is 16.2 Å². The van der Waals surface area contributed by atoms with Gasteiger partial charge in [0.25, 0.3) is 5.56 Å². The molecule has 156 valence electrons. The van der Waals surface area contributed by atoms with Gasteiger partial charge < -0.3 is 5.32 Å². The first kappa shape index (κ1) is 21.0. The van der Waals surface area contributed by atoms with Crippen molar-refractivity contribution in [3.63, 3.8) is 0 Å². The van der Waals surface area contributed by atoms with Crippen LogP contribution in [0.5, 0.6) is 0 Å². The number of nitrogens with zero attached hydrogens (tertiary/aromatic N) is 1. The van der Waals surface area contributed by atoms with Crippen molar-refractivity contribution in [1.82, 2.24) is 4.57 Å². The number of nitrogens with one attached hydrogen (secondary N) is 2. The molecule has 2 N–H and O–H groups in total. The lowest BCUT2D eigenvalue weighted by Crippen LogP contribution is -2.27. The number of aromatic nitrogens is 1. The summed E-state index contributed by atoms with van der Waals surface area (Å²) in [7, 11) is 1.61. The number of hydrogen-bond donors (Lipinski definition) is 2. The fraction of sp³-hybridized carbons (Fsp3) is 0.0833. The monoisotopic (exact) mass is 451 g/mol. The molecule has 4 aromatic rings. The van der Waals surface area contributed by atoms with E-state index >= 15 is 0 Å². The smallest absolute Gasteiger partial charge is 0.308 e. The summed E-state index contributed by atoms with van der Waals surface area (Å²) in [4.78, 5) is 25.9. The molecule has 0 bridgehead atoms. The molecule has 0 atom stereocenters. The molecule has 1 aromatic heterocycles. The van der Waals surface area contributed by atoms with E-state index in [-0.39, 0.29) is 5.56 Å². The minimum atomic E-state index is -0.461. The minimum Gasteiger partial charge on any atom is -0.308 e. The Hall–Kier alpha value is -3.28. The average molecular weight is 452 g/mol. The van der Waals surface area contributed by atoms with E-state index < -0.39 is 6.03 Å². The number of carbonyl (C=O) groups excluding carboxylic acids is 1. The second-order valence-corrected chi connectivity index (χ2v) is 8.03. The summed E-state index contributed by atoms with van der Waals surface area (Å²) in [6.45, 7) is 1.94. The lowest BCUT2D eigenvalue weighted by Gasteiger charge is -2.19. The van der Waals surface area contributed by atoms with Crippen molar-refractivity contribution in [2.75, 3.05) is 10.6 Å². The average Bonchev–Trinajstić information content (AvgIpc) is 2.74. The summed E-state index contributed by atoms with van der Waals surface area (Å²) in [6.07, 6.45) is 0. The van der Waals surface area contributed by atoms with Gasteiger partial charge in [0, 0.05) is 29.1 Å². The number of fused-ring (bicyclic) bond motifs is 1. The van der Waals surface area contributed by atoms with E-state index in [1.807, 2.05) is 55.5 Å². The number of hydrogen-bond acceptors (Lipinski definition) is 2. The Labute approximate surface area is 189 Å². The predicted octanol–water partition coefficient (Wildman–Crippen LogP) is 6.46. The fourth-order valence-corrected chi connectivity index (χ4v) is 3.87. The molecule has 31 heavy (non-hydrogen) atoms. The van der Waals surface area contributed by atoms with Gasteiger partial charge >= 0.3 is 6.03 Å². The third-order valence-electron chi connectivity index (χ3n) is 5.01. The molecule has 1 heterocycles. The van der Waals surface area contributed by atoms with Gasteiger partial charge in [0.05, 0.1) is 10.0 Å². The van der Waals surface area contributed by atoms with Gasteiger partial charge in [-0.15, -0.1) is 0 Å². The summed E-state index contributed by atoms with van der Waals surface area (Å²) >= 11 is 12.5. The molecular formula is C24H19Cl2N3O2. The standard InChI is InChI=1S/C24H19Cl2N3O2/c1-14-7-6-10-16(11-14)27-24(31)28-22-21(15-8-4-3-5-9-15)17-12-19(25)20(26)13-18(17)23(30)29(22)2/h3-13H,1-2H3,(H2,27,28,31). The topological polar surface area (TPSA) is 63.1 Å². The van der Waals surface area contributed by atoms with Gasteiger partial charge in [0.1, 0.15) is 5.82 Å². The first-order valence-corrected chi connectivity index (χ1v) is 10.3. The first-order chi connectivity index (χ1) is 14.8. The third-order valence-corrected chi connectivity index (χ3v) is 5.73. The van der Waals surface area contributed by atoms with Crippen molar-refractivity contribution in [3.05, 3.63) is 92.7 Å². The Morgan fingerprint density at radius 2 is 1.55 bits per heavy atom. The van der Waals surface area contributed by atoms with Crippen molar-refractivity contribution in [3.8, 4) is 11.1 Å². The molecule has 0 saturated heterocycles. The van der Waals surface area contributed by atoms with Crippen LogP contribution in [0.25, 0.3) is 21.9 Å². The Kier molecular flexibility index (Phi) is 5.72. The maximum Gasteiger partial charge on any atom is 0.324 e. The van der Waals surface area contributed by atoms with Gasteiger partial charge in [0.2, 0.25) is 0 Å². The van der Waals surface area contributed by atoms with Gasteiger partial charge in [-0.05, 0) is 42.3 Å². The number of pyridine rings is 1. The molecule has 4 rings (SSSR count). The largest absolute Gasteiger partial charge is 0.324 e.